The molecule has 5 heteroatoms. The fourth-order valence-electron chi connectivity index (χ4n) is 2.79. The Morgan fingerprint density at radius 2 is 1.89 bits per heavy atom. The maximum absolute atomic E-state index is 12.9. The minimum absolute atomic E-state index is 0.128. The summed E-state index contributed by atoms with van der Waals surface area (Å²) in [6.45, 7) is 2.08. The van der Waals surface area contributed by atoms with E-state index in [1.807, 2.05) is 11.9 Å². The van der Waals surface area contributed by atoms with Crippen molar-refractivity contribution in [3.05, 3.63) is 0 Å². The molecule has 1 saturated carbocycles. The second kappa shape index (κ2) is 7.48. The lowest BCUT2D eigenvalue weighted by molar-refractivity contribution is -0.139. The first-order valence-corrected chi connectivity index (χ1v) is 8.82. The predicted molar refractivity (Wildman–Crippen MR) is 87.5 cm³/mol. The molecule has 0 spiro atoms. The number of thiocarbonyl (C=S) groups is 1. The van der Waals surface area contributed by atoms with E-state index in [1.165, 1.54) is 12.8 Å². The SMILES string of the molecule is CSCC(C)N(C)C(=O)C1(C(N)=S)CCCCCC1. The van der Waals surface area contributed by atoms with Gasteiger partial charge in [-0.1, -0.05) is 37.9 Å². The number of hydrogen-bond donors (Lipinski definition) is 1. The Hall–Kier alpha value is -0.290. The zero-order chi connectivity index (χ0) is 14.5. The van der Waals surface area contributed by atoms with Gasteiger partial charge in [0.25, 0.3) is 0 Å². The summed E-state index contributed by atoms with van der Waals surface area (Å²) >= 11 is 7.02. The van der Waals surface area contributed by atoms with Gasteiger partial charge in [-0.3, -0.25) is 4.79 Å². The van der Waals surface area contributed by atoms with Crippen LogP contribution in [0.5, 0.6) is 0 Å². The second-order valence-electron chi connectivity index (χ2n) is 5.58. The van der Waals surface area contributed by atoms with Gasteiger partial charge in [0.05, 0.1) is 10.4 Å². The van der Waals surface area contributed by atoms with Crippen LogP contribution in [-0.4, -0.2) is 40.9 Å². The number of nitrogens with two attached hydrogens (primary N) is 1. The molecule has 1 aliphatic rings. The van der Waals surface area contributed by atoms with Crippen molar-refractivity contribution in [2.75, 3.05) is 19.1 Å². The Morgan fingerprint density at radius 1 is 1.37 bits per heavy atom. The highest BCUT2D eigenvalue weighted by Crippen LogP contribution is 2.37. The number of nitrogens with zero attached hydrogens (tertiary/aromatic N) is 1. The summed E-state index contributed by atoms with van der Waals surface area (Å²) in [5.41, 5.74) is 5.37. The van der Waals surface area contributed by atoms with E-state index in [2.05, 4.69) is 13.2 Å². The third kappa shape index (κ3) is 3.85. The molecule has 0 aliphatic heterocycles. The molecule has 0 radical (unpaired) electrons. The minimum atomic E-state index is -0.590. The van der Waals surface area contributed by atoms with E-state index in [-0.39, 0.29) is 11.9 Å². The summed E-state index contributed by atoms with van der Waals surface area (Å²) < 4.78 is 0. The van der Waals surface area contributed by atoms with Crippen molar-refractivity contribution in [1.29, 1.82) is 0 Å². The Bertz CT molecular complexity index is 325. The fraction of sp³-hybridized carbons (Fsp3) is 0.857. The molecule has 1 rings (SSSR count). The molecule has 1 fully saturated rings. The second-order valence-corrected chi connectivity index (χ2v) is 6.93. The number of carbonyl (C=O) groups is 1. The number of thioether (sulfide) groups is 1. The van der Waals surface area contributed by atoms with Crippen LogP contribution < -0.4 is 5.73 Å². The average Bonchev–Trinajstić information content (AvgIpc) is 2.63. The van der Waals surface area contributed by atoms with Crippen molar-refractivity contribution in [2.24, 2.45) is 11.1 Å². The van der Waals surface area contributed by atoms with Crippen molar-refractivity contribution in [3.8, 4) is 0 Å². The minimum Gasteiger partial charge on any atom is -0.392 e. The van der Waals surface area contributed by atoms with Gasteiger partial charge in [0, 0.05) is 18.8 Å². The molecule has 2 N–H and O–H groups in total. The highest BCUT2D eigenvalue weighted by molar-refractivity contribution is 7.98. The molecular formula is C14H26N2OS2. The van der Waals surface area contributed by atoms with E-state index in [0.29, 0.717) is 4.99 Å². The molecule has 1 atom stereocenters. The molecule has 0 aromatic carbocycles. The van der Waals surface area contributed by atoms with Gasteiger partial charge in [0.2, 0.25) is 5.91 Å². The maximum atomic E-state index is 12.9. The highest BCUT2D eigenvalue weighted by atomic mass is 32.2. The van der Waals surface area contributed by atoms with E-state index in [0.717, 1.165) is 31.4 Å². The lowest BCUT2D eigenvalue weighted by atomic mass is 9.78. The van der Waals surface area contributed by atoms with Gasteiger partial charge in [0.1, 0.15) is 0 Å². The van der Waals surface area contributed by atoms with Crippen LogP contribution in [0.4, 0.5) is 0 Å². The van der Waals surface area contributed by atoms with Crippen LogP contribution in [0.2, 0.25) is 0 Å². The Balaban J connectivity index is 2.91. The summed E-state index contributed by atoms with van der Waals surface area (Å²) in [6.07, 6.45) is 8.16. The van der Waals surface area contributed by atoms with E-state index in [9.17, 15) is 4.79 Å². The Kier molecular flexibility index (Phi) is 6.60. The molecule has 1 aliphatic carbocycles. The van der Waals surface area contributed by atoms with Gasteiger partial charge in [-0.05, 0) is 26.0 Å². The molecule has 1 amide bonds. The summed E-state index contributed by atoms with van der Waals surface area (Å²) in [5, 5.41) is 0. The lowest BCUT2D eigenvalue weighted by Gasteiger charge is -2.36. The van der Waals surface area contributed by atoms with E-state index in [4.69, 9.17) is 18.0 Å². The summed E-state index contributed by atoms with van der Waals surface area (Å²) in [5.74, 6) is 1.07. The third-order valence-corrected chi connectivity index (χ3v) is 5.43. The van der Waals surface area contributed by atoms with Crippen molar-refractivity contribution < 1.29 is 4.79 Å². The molecule has 3 nitrogen and oxygen atoms in total. The highest BCUT2D eigenvalue weighted by Gasteiger charge is 2.43. The number of rotatable bonds is 5. The van der Waals surface area contributed by atoms with Gasteiger partial charge in [-0.2, -0.15) is 11.8 Å². The first kappa shape index (κ1) is 16.8. The van der Waals surface area contributed by atoms with Crippen molar-refractivity contribution >= 4 is 34.9 Å². The normalized spacial score (nSPS) is 20.4. The number of amides is 1. The fourth-order valence-corrected chi connectivity index (χ4v) is 3.79. The van der Waals surface area contributed by atoms with Gasteiger partial charge in [-0.15, -0.1) is 0 Å². The Labute approximate surface area is 126 Å². The zero-order valence-corrected chi connectivity index (χ0v) is 13.9. The van der Waals surface area contributed by atoms with Crippen LogP contribution in [0.3, 0.4) is 0 Å². The molecule has 0 bridgehead atoms. The van der Waals surface area contributed by atoms with Crippen LogP contribution in [0.1, 0.15) is 45.4 Å². The summed E-state index contributed by atoms with van der Waals surface area (Å²) in [7, 11) is 1.88. The molecule has 0 aromatic rings. The lowest BCUT2D eigenvalue weighted by Crippen LogP contribution is -2.52. The van der Waals surface area contributed by atoms with Crippen LogP contribution >= 0.6 is 24.0 Å². The average molecular weight is 303 g/mol. The summed E-state index contributed by atoms with van der Waals surface area (Å²) in [6, 6.07) is 0.219. The topological polar surface area (TPSA) is 46.3 Å². The number of carbonyl (C=O) groups excluding carboxylic acids is 1. The molecule has 0 saturated heterocycles. The zero-order valence-electron chi connectivity index (χ0n) is 12.3. The molecule has 19 heavy (non-hydrogen) atoms. The molecule has 0 heterocycles. The van der Waals surface area contributed by atoms with Gasteiger partial charge < -0.3 is 10.6 Å². The molecular weight excluding hydrogens is 276 g/mol. The predicted octanol–water partition coefficient (Wildman–Crippen LogP) is 2.82. The van der Waals surface area contributed by atoms with E-state index in [1.54, 1.807) is 11.8 Å². The smallest absolute Gasteiger partial charge is 0.235 e. The van der Waals surface area contributed by atoms with Crippen LogP contribution in [-0.2, 0) is 4.79 Å². The van der Waals surface area contributed by atoms with Crippen molar-refractivity contribution in [2.45, 2.75) is 51.5 Å². The third-order valence-electron chi connectivity index (χ3n) is 4.23. The van der Waals surface area contributed by atoms with Gasteiger partial charge in [0.15, 0.2) is 0 Å². The van der Waals surface area contributed by atoms with E-state index < -0.39 is 5.41 Å². The van der Waals surface area contributed by atoms with E-state index >= 15 is 0 Å². The molecule has 0 aromatic heterocycles. The van der Waals surface area contributed by atoms with Crippen molar-refractivity contribution in [1.82, 2.24) is 4.90 Å². The number of hydrogen-bond acceptors (Lipinski definition) is 3. The van der Waals surface area contributed by atoms with Crippen LogP contribution in [0, 0.1) is 5.41 Å². The molecule has 1 unspecified atom stereocenters. The van der Waals surface area contributed by atoms with Gasteiger partial charge >= 0.3 is 0 Å². The summed E-state index contributed by atoms with van der Waals surface area (Å²) in [4.78, 5) is 15.1. The van der Waals surface area contributed by atoms with Crippen molar-refractivity contribution in [3.63, 3.8) is 0 Å². The standard InChI is InChI=1S/C14H26N2OS2/c1-11(10-19-3)16(2)13(17)14(12(15)18)8-6-4-5-7-9-14/h11H,4-10H2,1-3H3,(H2,15,18). The quantitative estimate of drug-likeness (QED) is 0.626. The first-order chi connectivity index (χ1) is 8.95. The van der Waals surface area contributed by atoms with Crippen LogP contribution in [0.15, 0.2) is 0 Å². The largest absolute Gasteiger partial charge is 0.392 e. The first-order valence-electron chi connectivity index (χ1n) is 7.02. The monoisotopic (exact) mass is 302 g/mol. The maximum Gasteiger partial charge on any atom is 0.235 e. The van der Waals surface area contributed by atoms with Gasteiger partial charge in [-0.25, -0.2) is 0 Å². The van der Waals surface area contributed by atoms with Crippen LogP contribution in [0.25, 0.3) is 0 Å². The Morgan fingerprint density at radius 3 is 2.32 bits per heavy atom. The molecule has 110 valence electrons.